The molecule has 4 nitrogen and oxygen atoms in total. The molecule has 2 aromatic carbocycles. The normalized spacial score (nSPS) is 11.1. The first-order chi connectivity index (χ1) is 12.6. The van der Waals surface area contributed by atoms with Crippen LogP contribution in [-0.2, 0) is 4.79 Å². The first kappa shape index (κ1) is 19.3. The van der Waals surface area contributed by atoms with Gasteiger partial charge < -0.3 is 9.47 Å². The maximum atomic E-state index is 12.2. The Kier molecular flexibility index (Phi) is 6.99. The highest BCUT2D eigenvalue weighted by atomic mass is 16.6. The molecule has 2 aromatic rings. The van der Waals surface area contributed by atoms with Gasteiger partial charge in [-0.1, -0.05) is 50.2 Å². The number of nitrogens with zero attached hydrogens (tertiary/aromatic N) is 1. The first-order valence-electron chi connectivity index (χ1n) is 8.69. The summed E-state index contributed by atoms with van der Waals surface area (Å²) < 4.78 is 10.9. The minimum absolute atomic E-state index is 0.123. The molecule has 0 bridgehead atoms. The number of methoxy groups -OCH3 is 1. The lowest BCUT2D eigenvalue weighted by atomic mass is 10.0. The van der Waals surface area contributed by atoms with Crippen LogP contribution in [0.1, 0.15) is 37.8 Å². The topological polar surface area (TPSA) is 59.3 Å². The van der Waals surface area contributed by atoms with E-state index in [-0.39, 0.29) is 11.9 Å². The average molecular weight is 349 g/mol. The smallest absolute Gasteiger partial charge is 0.314 e. The highest BCUT2D eigenvalue weighted by molar-refractivity contribution is 5.89. The zero-order valence-electron chi connectivity index (χ0n) is 15.4. The van der Waals surface area contributed by atoms with Gasteiger partial charge in [-0.25, -0.2) is 0 Å². The van der Waals surface area contributed by atoms with Crippen molar-refractivity contribution in [3.8, 4) is 17.6 Å². The van der Waals surface area contributed by atoms with E-state index in [1.54, 1.807) is 24.3 Å². The Hall–Kier alpha value is -3.06. The van der Waals surface area contributed by atoms with Crippen molar-refractivity contribution in [1.82, 2.24) is 0 Å². The summed E-state index contributed by atoms with van der Waals surface area (Å²) >= 11 is 0. The van der Waals surface area contributed by atoms with Crippen LogP contribution in [0.3, 0.4) is 0 Å². The number of esters is 1. The number of rotatable bonds is 7. The number of ether oxygens (including phenoxy) is 2. The molecule has 0 atom stereocenters. The van der Waals surface area contributed by atoms with E-state index >= 15 is 0 Å². The van der Waals surface area contributed by atoms with E-state index < -0.39 is 0 Å². The third kappa shape index (κ3) is 4.73. The standard InChI is InChI=1S/C22H23NO3/c1-4-17(5-2)22(24)26-20-12-11-16(14-21(20)25-3)13-19(15-23)18-9-7-6-8-10-18/h6-14,17H,4-5H2,1-3H3/b19-13-. The molecular formula is C22H23NO3. The fourth-order valence-corrected chi connectivity index (χ4v) is 2.64. The molecule has 0 heterocycles. The van der Waals surface area contributed by atoms with Crippen molar-refractivity contribution in [2.75, 3.05) is 7.11 Å². The molecule has 0 amide bonds. The van der Waals surface area contributed by atoms with Gasteiger partial charge in [0.2, 0.25) is 0 Å². The third-order valence-corrected chi connectivity index (χ3v) is 4.23. The number of hydrogen-bond donors (Lipinski definition) is 0. The molecule has 0 saturated heterocycles. The first-order valence-corrected chi connectivity index (χ1v) is 8.69. The molecule has 0 aliphatic carbocycles. The lowest BCUT2D eigenvalue weighted by Crippen LogP contribution is -2.19. The van der Waals surface area contributed by atoms with E-state index in [4.69, 9.17) is 9.47 Å². The van der Waals surface area contributed by atoms with Crippen molar-refractivity contribution in [1.29, 1.82) is 5.26 Å². The second-order valence-electron chi connectivity index (χ2n) is 5.88. The predicted octanol–water partition coefficient (Wildman–Crippen LogP) is 5.10. The van der Waals surface area contributed by atoms with Gasteiger partial charge in [-0.05, 0) is 42.2 Å². The van der Waals surface area contributed by atoms with E-state index in [0.717, 1.165) is 24.0 Å². The fraction of sp³-hybridized carbons (Fsp3) is 0.273. The maximum Gasteiger partial charge on any atom is 0.314 e. The molecule has 0 aliphatic heterocycles. The number of carbonyl (C=O) groups excluding carboxylic acids is 1. The summed E-state index contributed by atoms with van der Waals surface area (Å²) in [5.41, 5.74) is 2.19. The van der Waals surface area contributed by atoms with Gasteiger partial charge in [0.25, 0.3) is 0 Å². The van der Waals surface area contributed by atoms with Crippen LogP contribution in [0, 0.1) is 17.2 Å². The van der Waals surface area contributed by atoms with Crippen molar-refractivity contribution in [3.05, 3.63) is 59.7 Å². The summed E-state index contributed by atoms with van der Waals surface area (Å²) in [5, 5.41) is 9.44. The predicted molar refractivity (Wildman–Crippen MR) is 103 cm³/mol. The molecule has 0 unspecified atom stereocenters. The number of hydrogen-bond acceptors (Lipinski definition) is 4. The summed E-state index contributed by atoms with van der Waals surface area (Å²) in [5.74, 6) is 0.476. The summed E-state index contributed by atoms with van der Waals surface area (Å²) in [6.07, 6.45) is 3.26. The maximum absolute atomic E-state index is 12.2. The molecule has 0 aliphatic rings. The van der Waals surface area contributed by atoms with Gasteiger partial charge in [-0.3, -0.25) is 4.79 Å². The summed E-state index contributed by atoms with van der Waals surface area (Å²) in [6.45, 7) is 3.93. The molecule has 0 saturated carbocycles. The van der Waals surface area contributed by atoms with Gasteiger partial charge in [-0.2, -0.15) is 5.26 Å². The van der Waals surface area contributed by atoms with Gasteiger partial charge in [0.1, 0.15) is 0 Å². The Morgan fingerprint density at radius 2 is 1.81 bits per heavy atom. The molecular weight excluding hydrogens is 326 g/mol. The van der Waals surface area contributed by atoms with Crippen molar-refractivity contribution < 1.29 is 14.3 Å². The zero-order chi connectivity index (χ0) is 18.9. The van der Waals surface area contributed by atoms with E-state index in [2.05, 4.69) is 6.07 Å². The van der Waals surface area contributed by atoms with Crippen LogP contribution in [0.25, 0.3) is 11.6 Å². The molecule has 4 heteroatoms. The van der Waals surface area contributed by atoms with Gasteiger partial charge in [0.05, 0.1) is 24.7 Å². The third-order valence-electron chi connectivity index (χ3n) is 4.23. The van der Waals surface area contributed by atoms with Crippen molar-refractivity contribution in [3.63, 3.8) is 0 Å². The van der Waals surface area contributed by atoms with Gasteiger partial charge in [0.15, 0.2) is 11.5 Å². The number of benzene rings is 2. The van der Waals surface area contributed by atoms with Crippen LogP contribution in [0.5, 0.6) is 11.5 Å². The van der Waals surface area contributed by atoms with Crippen molar-refractivity contribution >= 4 is 17.6 Å². The fourth-order valence-electron chi connectivity index (χ4n) is 2.64. The molecule has 134 valence electrons. The van der Waals surface area contributed by atoms with Crippen LogP contribution in [-0.4, -0.2) is 13.1 Å². The van der Waals surface area contributed by atoms with E-state index in [1.807, 2.05) is 44.2 Å². The largest absolute Gasteiger partial charge is 0.493 e. The number of allylic oxidation sites excluding steroid dienone is 1. The van der Waals surface area contributed by atoms with E-state index in [1.165, 1.54) is 7.11 Å². The van der Waals surface area contributed by atoms with Crippen LogP contribution in [0.15, 0.2) is 48.5 Å². The average Bonchev–Trinajstić information content (AvgIpc) is 2.68. The molecule has 0 radical (unpaired) electrons. The highest BCUT2D eigenvalue weighted by Crippen LogP contribution is 2.31. The second-order valence-corrected chi connectivity index (χ2v) is 5.88. The SMILES string of the molecule is CCC(CC)C(=O)Oc1ccc(/C=C(/C#N)c2ccccc2)cc1OC. The number of nitriles is 1. The van der Waals surface area contributed by atoms with Crippen LogP contribution >= 0.6 is 0 Å². The lowest BCUT2D eigenvalue weighted by molar-refractivity contribution is -0.139. The highest BCUT2D eigenvalue weighted by Gasteiger charge is 2.18. The Labute approximate surface area is 154 Å². The molecule has 0 fully saturated rings. The molecule has 2 rings (SSSR count). The molecule has 0 spiro atoms. The Balaban J connectivity index is 2.29. The molecule has 0 N–H and O–H groups in total. The minimum Gasteiger partial charge on any atom is -0.493 e. The lowest BCUT2D eigenvalue weighted by Gasteiger charge is -2.14. The van der Waals surface area contributed by atoms with Crippen LogP contribution < -0.4 is 9.47 Å². The molecule has 0 aromatic heterocycles. The zero-order valence-corrected chi connectivity index (χ0v) is 15.4. The Morgan fingerprint density at radius 1 is 1.12 bits per heavy atom. The van der Waals surface area contributed by atoms with E-state index in [0.29, 0.717) is 17.1 Å². The van der Waals surface area contributed by atoms with Crippen molar-refractivity contribution in [2.24, 2.45) is 5.92 Å². The van der Waals surface area contributed by atoms with Gasteiger partial charge in [0, 0.05) is 0 Å². The minimum atomic E-state index is -0.251. The monoisotopic (exact) mass is 349 g/mol. The quantitative estimate of drug-likeness (QED) is 0.302. The van der Waals surface area contributed by atoms with Crippen LogP contribution in [0.2, 0.25) is 0 Å². The molecule has 26 heavy (non-hydrogen) atoms. The second kappa shape index (κ2) is 9.43. The summed E-state index contributed by atoms with van der Waals surface area (Å²) in [6, 6.07) is 16.9. The van der Waals surface area contributed by atoms with Gasteiger partial charge >= 0.3 is 5.97 Å². The van der Waals surface area contributed by atoms with Crippen molar-refractivity contribution in [2.45, 2.75) is 26.7 Å². The van der Waals surface area contributed by atoms with Crippen LogP contribution in [0.4, 0.5) is 0 Å². The Morgan fingerprint density at radius 3 is 2.38 bits per heavy atom. The summed E-state index contributed by atoms with van der Waals surface area (Å²) in [7, 11) is 1.53. The summed E-state index contributed by atoms with van der Waals surface area (Å²) in [4.78, 5) is 12.2. The Bertz CT molecular complexity index is 815. The number of carbonyl (C=O) groups is 1. The van der Waals surface area contributed by atoms with E-state index in [9.17, 15) is 10.1 Å². The van der Waals surface area contributed by atoms with Gasteiger partial charge in [-0.15, -0.1) is 0 Å².